The number of amides is 2. The summed E-state index contributed by atoms with van der Waals surface area (Å²) in [5, 5.41) is 11.0. The van der Waals surface area contributed by atoms with Crippen molar-refractivity contribution in [1.82, 2.24) is 20.4 Å². The number of alkyl halides is 3. The molecule has 2 amide bonds. The molecule has 3 aromatic rings. The predicted octanol–water partition coefficient (Wildman–Crippen LogP) is 4.25. The van der Waals surface area contributed by atoms with Crippen LogP contribution in [-0.2, 0) is 6.18 Å². The highest BCUT2D eigenvalue weighted by Crippen LogP contribution is 2.39. The van der Waals surface area contributed by atoms with Crippen molar-refractivity contribution in [1.29, 1.82) is 0 Å². The first-order valence-corrected chi connectivity index (χ1v) is 8.61. The number of benzene rings is 2. The lowest BCUT2D eigenvalue weighted by atomic mass is 10.2. The molecule has 3 N–H and O–H groups in total. The van der Waals surface area contributed by atoms with E-state index in [4.69, 9.17) is 22.1 Å². The molecule has 13 heteroatoms. The number of halogens is 5. The largest absolute Gasteiger partial charge is 0.453 e. The molecule has 0 saturated heterocycles. The SMILES string of the molecule is CC(C=NNC(N)=O)n1nnc2ccc(Oc3c(F)cc(C(F)(F)F)cc3Cl)cc21. The van der Waals surface area contributed by atoms with Gasteiger partial charge in [-0.1, -0.05) is 16.8 Å². The second-order valence-electron chi connectivity index (χ2n) is 6.05. The number of primary amides is 1. The van der Waals surface area contributed by atoms with Crippen LogP contribution in [0.15, 0.2) is 35.4 Å². The zero-order valence-corrected chi connectivity index (χ0v) is 15.9. The lowest BCUT2D eigenvalue weighted by molar-refractivity contribution is -0.137. The monoisotopic (exact) mass is 444 g/mol. The molecular weight excluding hydrogens is 432 g/mol. The Morgan fingerprint density at radius 3 is 2.73 bits per heavy atom. The zero-order valence-electron chi connectivity index (χ0n) is 15.1. The molecule has 1 aromatic heterocycles. The Bertz CT molecular complexity index is 1110. The summed E-state index contributed by atoms with van der Waals surface area (Å²) >= 11 is 5.80. The third-order valence-corrected chi connectivity index (χ3v) is 4.12. The molecule has 0 aliphatic rings. The Kier molecular flexibility index (Phi) is 5.78. The average molecular weight is 445 g/mol. The van der Waals surface area contributed by atoms with Crippen LogP contribution in [0.2, 0.25) is 5.02 Å². The Morgan fingerprint density at radius 1 is 1.37 bits per heavy atom. The molecule has 0 bridgehead atoms. The fourth-order valence-corrected chi connectivity index (χ4v) is 2.74. The maximum absolute atomic E-state index is 14.2. The van der Waals surface area contributed by atoms with Gasteiger partial charge < -0.3 is 10.5 Å². The number of nitrogens with zero attached hydrogens (tertiary/aromatic N) is 4. The van der Waals surface area contributed by atoms with Crippen molar-refractivity contribution in [2.45, 2.75) is 19.1 Å². The Morgan fingerprint density at radius 2 is 2.10 bits per heavy atom. The van der Waals surface area contributed by atoms with E-state index >= 15 is 0 Å². The molecule has 8 nitrogen and oxygen atoms in total. The molecule has 0 radical (unpaired) electrons. The van der Waals surface area contributed by atoms with Crippen LogP contribution >= 0.6 is 11.6 Å². The van der Waals surface area contributed by atoms with Gasteiger partial charge >= 0.3 is 12.2 Å². The van der Waals surface area contributed by atoms with Gasteiger partial charge in [0.25, 0.3) is 0 Å². The van der Waals surface area contributed by atoms with Crippen LogP contribution < -0.4 is 15.9 Å². The number of nitrogens with one attached hydrogen (secondary N) is 1. The molecule has 158 valence electrons. The number of urea groups is 1. The summed E-state index contributed by atoms with van der Waals surface area (Å²) in [6, 6.07) is 3.98. The molecule has 2 aromatic carbocycles. The quantitative estimate of drug-likeness (QED) is 0.348. The third kappa shape index (κ3) is 4.59. The minimum Gasteiger partial charge on any atom is -0.453 e. The van der Waals surface area contributed by atoms with E-state index in [-0.39, 0.29) is 5.75 Å². The van der Waals surface area contributed by atoms with Gasteiger partial charge in [-0.05, 0) is 31.2 Å². The molecule has 1 unspecified atom stereocenters. The van der Waals surface area contributed by atoms with Crippen molar-refractivity contribution in [3.8, 4) is 11.5 Å². The van der Waals surface area contributed by atoms with Crippen molar-refractivity contribution in [2.75, 3.05) is 0 Å². The van der Waals surface area contributed by atoms with Crippen LogP contribution in [0.3, 0.4) is 0 Å². The van der Waals surface area contributed by atoms with Crippen molar-refractivity contribution < 1.29 is 27.1 Å². The summed E-state index contributed by atoms with van der Waals surface area (Å²) in [5.74, 6) is -1.73. The molecule has 1 heterocycles. The molecule has 0 saturated carbocycles. The molecular formula is C17H13ClF4N6O2. The van der Waals surface area contributed by atoms with Gasteiger partial charge in [0.05, 0.1) is 22.1 Å². The van der Waals surface area contributed by atoms with Crippen molar-refractivity contribution in [3.05, 3.63) is 46.7 Å². The van der Waals surface area contributed by atoms with Crippen molar-refractivity contribution >= 4 is 34.9 Å². The average Bonchev–Trinajstić information content (AvgIpc) is 3.06. The Balaban J connectivity index is 1.91. The lowest BCUT2D eigenvalue weighted by Gasteiger charge is -2.13. The smallest absolute Gasteiger partial charge is 0.416 e. The number of hydrogen-bond donors (Lipinski definition) is 2. The van der Waals surface area contributed by atoms with Crippen molar-refractivity contribution in [3.63, 3.8) is 0 Å². The summed E-state index contributed by atoms with van der Waals surface area (Å²) in [7, 11) is 0. The summed E-state index contributed by atoms with van der Waals surface area (Å²) in [6.07, 6.45) is -3.40. The first-order chi connectivity index (χ1) is 14.1. The van der Waals surface area contributed by atoms with Crippen molar-refractivity contribution in [2.24, 2.45) is 10.8 Å². The Hall–Kier alpha value is -3.41. The second kappa shape index (κ2) is 8.14. The highest BCUT2D eigenvalue weighted by atomic mass is 35.5. The highest BCUT2D eigenvalue weighted by Gasteiger charge is 2.32. The number of aromatic nitrogens is 3. The number of nitrogens with two attached hydrogens (primary N) is 1. The van der Waals surface area contributed by atoms with Gasteiger partial charge in [0.1, 0.15) is 11.3 Å². The summed E-state index contributed by atoms with van der Waals surface area (Å²) in [5.41, 5.74) is 6.65. The summed E-state index contributed by atoms with van der Waals surface area (Å²) in [4.78, 5) is 10.7. The number of rotatable bonds is 5. The Labute approximate surface area is 171 Å². The van der Waals surface area contributed by atoms with E-state index in [0.29, 0.717) is 23.2 Å². The lowest BCUT2D eigenvalue weighted by Crippen LogP contribution is -2.25. The van der Waals surface area contributed by atoms with Gasteiger partial charge in [0.2, 0.25) is 0 Å². The molecule has 30 heavy (non-hydrogen) atoms. The zero-order chi connectivity index (χ0) is 22.1. The molecule has 0 spiro atoms. The van der Waals surface area contributed by atoms with Crippen LogP contribution in [0, 0.1) is 5.82 Å². The van der Waals surface area contributed by atoms with Gasteiger partial charge in [-0.2, -0.15) is 18.3 Å². The van der Waals surface area contributed by atoms with E-state index in [0.717, 1.165) is 0 Å². The first-order valence-electron chi connectivity index (χ1n) is 8.24. The van der Waals surface area contributed by atoms with Gasteiger partial charge in [-0.25, -0.2) is 19.3 Å². The summed E-state index contributed by atoms with van der Waals surface area (Å²) < 4.78 is 59.3. The van der Waals surface area contributed by atoms with E-state index in [1.807, 2.05) is 5.43 Å². The summed E-state index contributed by atoms with van der Waals surface area (Å²) in [6.45, 7) is 1.69. The second-order valence-corrected chi connectivity index (χ2v) is 6.46. The van der Waals surface area contributed by atoms with E-state index in [1.165, 1.54) is 29.1 Å². The molecule has 3 rings (SSSR count). The maximum Gasteiger partial charge on any atom is 0.416 e. The number of fused-ring (bicyclic) bond motifs is 1. The molecule has 0 aliphatic heterocycles. The molecule has 1 atom stereocenters. The van der Waals surface area contributed by atoms with Crippen LogP contribution in [0.4, 0.5) is 22.4 Å². The fraction of sp³-hybridized carbons (Fsp3) is 0.176. The van der Waals surface area contributed by atoms with E-state index in [1.54, 1.807) is 6.92 Å². The van der Waals surface area contributed by atoms with Gasteiger partial charge in [0.15, 0.2) is 11.6 Å². The number of carbonyl (C=O) groups is 1. The molecule has 0 fully saturated rings. The maximum atomic E-state index is 14.2. The van der Waals surface area contributed by atoms with Crippen LogP contribution in [-0.4, -0.2) is 27.2 Å². The van der Waals surface area contributed by atoms with Gasteiger partial charge in [-0.3, -0.25) is 0 Å². The number of ether oxygens (including phenoxy) is 1. The molecule has 0 aliphatic carbocycles. The fourth-order valence-electron chi connectivity index (χ4n) is 2.49. The highest BCUT2D eigenvalue weighted by molar-refractivity contribution is 6.32. The topological polar surface area (TPSA) is 107 Å². The predicted molar refractivity (Wildman–Crippen MR) is 99.9 cm³/mol. The third-order valence-electron chi connectivity index (χ3n) is 3.84. The van der Waals surface area contributed by atoms with Gasteiger partial charge in [-0.15, -0.1) is 5.10 Å². The first kappa shape index (κ1) is 21.3. The van der Waals surface area contributed by atoms with E-state index in [2.05, 4.69) is 15.4 Å². The standard InChI is InChI=1S/C17H13ClF4N6O2/c1-8(7-24-26-16(23)29)28-14-6-10(2-3-13(14)25-27-28)30-15-11(18)4-9(5-12(15)19)17(20,21)22/h2-8H,1H3,(H3,23,26,29). The normalized spacial score (nSPS) is 13.0. The van der Waals surface area contributed by atoms with Gasteiger partial charge in [0, 0.05) is 12.3 Å². The van der Waals surface area contributed by atoms with Crippen LogP contribution in [0.25, 0.3) is 11.0 Å². The minimum atomic E-state index is -4.75. The number of hydrogen-bond acceptors (Lipinski definition) is 5. The van der Waals surface area contributed by atoms with E-state index in [9.17, 15) is 22.4 Å². The van der Waals surface area contributed by atoms with E-state index < -0.39 is 40.4 Å². The number of carbonyl (C=O) groups excluding carboxylic acids is 1. The van der Waals surface area contributed by atoms with Crippen LogP contribution in [0.1, 0.15) is 18.5 Å². The minimum absolute atomic E-state index is 0.0889. The van der Waals surface area contributed by atoms with Crippen LogP contribution in [0.5, 0.6) is 11.5 Å². The number of hydrazone groups is 1.